The summed E-state index contributed by atoms with van der Waals surface area (Å²) in [5, 5.41) is 2.80. The number of anilines is 3. The average Bonchev–Trinajstić information content (AvgIpc) is 3.97. The summed E-state index contributed by atoms with van der Waals surface area (Å²) in [7, 11) is 0. The van der Waals surface area contributed by atoms with Crippen molar-refractivity contribution in [3.05, 3.63) is 174 Å². The smallest absolute Gasteiger partial charge is 0.0540 e. The van der Waals surface area contributed by atoms with E-state index in [2.05, 4.69) is 170 Å². The molecule has 1 nitrogen and oxygen atoms in total. The van der Waals surface area contributed by atoms with Crippen LogP contribution in [0.2, 0.25) is 0 Å². The van der Waals surface area contributed by atoms with Crippen LogP contribution in [-0.4, -0.2) is 0 Å². The van der Waals surface area contributed by atoms with Crippen LogP contribution in [0.25, 0.3) is 44.2 Å². The van der Waals surface area contributed by atoms with Crippen LogP contribution in [0.5, 0.6) is 0 Å². The number of rotatable bonds is 7. The summed E-state index contributed by atoms with van der Waals surface area (Å²) in [5.74, 6) is 3.14. The van der Waals surface area contributed by atoms with Gasteiger partial charge in [-0.1, -0.05) is 161 Å². The minimum Gasteiger partial charge on any atom is -0.310 e. The fraction of sp³-hybridized carbons (Fsp3) is 0.286. The van der Waals surface area contributed by atoms with E-state index >= 15 is 0 Å². The third-order valence-corrected chi connectivity index (χ3v) is 14.8. The minimum atomic E-state index is -0.203. The second-order valence-electron chi connectivity index (χ2n) is 18.3. The van der Waals surface area contributed by atoms with Crippen LogP contribution in [0.15, 0.2) is 152 Å². The van der Waals surface area contributed by atoms with Crippen molar-refractivity contribution in [2.24, 2.45) is 11.8 Å². The van der Waals surface area contributed by atoms with Gasteiger partial charge < -0.3 is 4.90 Å². The first-order valence-electron chi connectivity index (χ1n) is 21.9. The first-order valence-corrected chi connectivity index (χ1v) is 21.9. The molecular weight excluding hydrogens is 687 g/mol. The quantitative estimate of drug-likeness (QED) is 0.157. The number of nitrogens with zero attached hydrogens (tertiary/aromatic N) is 1. The van der Waals surface area contributed by atoms with Crippen molar-refractivity contribution in [3.63, 3.8) is 0 Å². The van der Waals surface area contributed by atoms with Gasteiger partial charge in [0.15, 0.2) is 0 Å². The van der Waals surface area contributed by atoms with Crippen LogP contribution in [0.3, 0.4) is 0 Å². The molecule has 4 aliphatic carbocycles. The predicted molar refractivity (Wildman–Crippen MR) is 241 cm³/mol. The Morgan fingerprint density at radius 3 is 1.95 bits per heavy atom. The van der Waals surface area contributed by atoms with E-state index in [-0.39, 0.29) is 5.41 Å². The van der Waals surface area contributed by atoms with Crippen LogP contribution in [0.4, 0.5) is 17.1 Å². The van der Waals surface area contributed by atoms with Crippen molar-refractivity contribution in [3.8, 4) is 33.4 Å². The van der Waals surface area contributed by atoms with Gasteiger partial charge in [0.25, 0.3) is 0 Å². The lowest BCUT2D eigenvalue weighted by atomic mass is 9.77. The van der Waals surface area contributed by atoms with Gasteiger partial charge in [0.05, 0.1) is 5.69 Å². The van der Waals surface area contributed by atoms with Gasteiger partial charge >= 0.3 is 0 Å². The third-order valence-electron chi connectivity index (χ3n) is 14.8. The molecule has 11 rings (SSSR count). The molecule has 0 radical (unpaired) electrons. The SMILES string of the molecule is CC1(C)c2cc(N(c3ccc(C4CCCCC4)cc3)c3ccc(C4CC5CCC4C5)c4ccccc34)ccc2-c2cccc(-c3ccccc3-c3ccccc3)c21. The fourth-order valence-corrected chi connectivity index (χ4v) is 12.0. The molecule has 0 saturated heterocycles. The Bertz CT molecular complexity index is 2610. The fourth-order valence-electron chi connectivity index (χ4n) is 12.0. The topological polar surface area (TPSA) is 3.24 Å². The van der Waals surface area contributed by atoms with Gasteiger partial charge in [-0.15, -0.1) is 0 Å². The normalized spacial score (nSPS) is 20.8. The van der Waals surface area contributed by atoms with Crippen LogP contribution in [0, 0.1) is 11.8 Å². The molecule has 2 bridgehead atoms. The Balaban J connectivity index is 1.05. The van der Waals surface area contributed by atoms with E-state index in [9.17, 15) is 0 Å². The molecule has 7 aromatic carbocycles. The molecule has 0 N–H and O–H groups in total. The molecule has 1 heteroatoms. The Hall–Kier alpha value is -5.40. The Kier molecular flexibility index (Phi) is 8.50. The maximum absolute atomic E-state index is 2.57. The van der Waals surface area contributed by atoms with Crippen molar-refractivity contribution in [1.82, 2.24) is 0 Å². The van der Waals surface area contributed by atoms with E-state index in [1.165, 1.54) is 136 Å². The van der Waals surface area contributed by atoms with Crippen molar-refractivity contribution in [2.45, 2.75) is 88.9 Å². The molecule has 282 valence electrons. The highest BCUT2D eigenvalue weighted by molar-refractivity contribution is 6.01. The molecule has 3 saturated carbocycles. The van der Waals surface area contributed by atoms with Gasteiger partial charge in [0, 0.05) is 22.2 Å². The number of hydrogen-bond acceptors (Lipinski definition) is 1. The molecular formula is C56H53N. The van der Waals surface area contributed by atoms with E-state index in [1.807, 2.05) is 0 Å². The molecule has 3 unspecified atom stereocenters. The number of fused-ring (bicyclic) bond motifs is 6. The van der Waals surface area contributed by atoms with Crippen molar-refractivity contribution in [1.29, 1.82) is 0 Å². The zero-order valence-corrected chi connectivity index (χ0v) is 33.6. The second-order valence-corrected chi connectivity index (χ2v) is 18.3. The van der Waals surface area contributed by atoms with E-state index in [1.54, 1.807) is 5.56 Å². The lowest BCUT2D eigenvalue weighted by molar-refractivity contribution is 0.422. The lowest BCUT2D eigenvalue weighted by Crippen LogP contribution is -2.18. The van der Waals surface area contributed by atoms with Crippen LogP contribution >= 0.6 is 0 Å². The third kappa shape index (κ3) is 5.80. The molecule has 0 aliphatic heterocycles. The molecule has 3 atom stereocenters. The summed E-state index contributed by atoms with van der Waals surface area (Å²) in [4.78, 5) is 2.57. The van der Waals surface area contributed by atoms with E-state index in [4.69, 9.17) is 0 Å². The van der Waals surface area contributed by atoms with Crippen molar-refractivity contribution in [2.75, 3.05) is 4.90 Å². The van der Waals surface area contributed by atoms with Crippen LogP contribution in [-0.2, 0) is 5.41 Å². The van der Waals surface area contributed by atoms with E-state index in [0.29, 0.717) is 11.8 Å². The van der Waals surface area contributed by atoms with Gasteiger partial charge in [0.2, 0.25) is 0 Å². The maximum Gasteiger partial charge on any atom is 0.0540 e. The molecule has 57 heavy (non-hydrogen) atoms. The molecule has 0 aromatic heterocycles. The molecule has 0 heterocycles. The van der Waals surface area contributed by atoms with Gasteiger partial charge in [-0.25, -0.2) is 0 Å². The van der Waals surface area contributed by atoms with E-state index in [0.717, 1.165) is 11.8 Å². The van der Waals surface area contributed by atoms with Crippen LogP contribution < -0.4 is 4.90 Å². The first kappa shape index (κ1) is 34.8. The summed E-state index contributed by atoms with van der Waals surface area (Å²) in [5.41, 5.74) is 17.3. The number of benzene rings is 7. The van der Waals surface area contributed by atoms with Gasteiger partial charge in [0.1, 0.15) is 0 Å². The van der Waals surface area contributed by atoms with Gasteiger partial charge in [-0.05, 0) is 147 Å². The molecule has 7 aromatic rings. The summed E-state index contributed by atoms with van der Waals surface area (Å²) in [6.07, 6.45) is 12.3. The predicted octanol–water partition coefficient (Wildman–Crippen LogP) is 15.9. The van der Waals surface area contributed by atoms with Crippen molar-refractivity contribution < 1.29 is 0 Å². The van der Waals surface area contributed by atoms with Crippen molar-refractivity contribution >= 4 is 27.8 Å². The minimum absolute atomic E-state index is 0.203. The summed E-state index contributed by atoms with van der Waals surface area (Å²) < 4.78 is 0. The highest BCUT2D eigenvalue weighted by Gasteiger charge is 2.41. The zero-order chi connectivity index (χ0) is 38.1. The van der Waals surface area contributed by atoms with Gasteiger partial charge in [-0.3, -0.25) is 0 Å². The number of hydrogen-bond donors (Lipinski definition) is 0. The summed E-state index contributed by atoms with van der Waals surface area (Å²) in [6, 6.07) is 58.1. The largest absolute Gasteiger partial charge is 0.310 e. The highest BCUT2D eigenvalue weighted by Crippen LogP contribution is 2.57. The highest BCUT2D eigenvalue weighted by atomic mass is 15.1. The molecule has 4 aliphatic rings. The maximum atomic E-state index is 2.57. The zero-order valence-electron chi connectivity index (χ0n) is 33.6. The van der Waals surface area contributed by atoms with Gasteiger partial charge in [-0.2, -0.15) is 0 Å². The standard InChI is InChI=1S/C56H53N/c1-56(2)53-36-43(30-31-48(53)51-23-13-22-50(55(51)56)45-19-10-9-18-44(45)40-16-7-4-8-17-40)57(42-28-26-39(27-29-42)38-14-5-3-6-15-38)54-33-32-47(46-20-11-12-21-49(46)54)52-35-37-24-25-41(52)34-37/h4,7-13,16-23,26-33,36-38,41,52H,3,5-6,14-15,24-25,34-35H2,1-2H3. The molecule has 0 amide bonds. The lowest BCUT2D eigenvalue weighted by Gasteiger charge is -2.31. The average molecular weight is 740 g/mol. The van der Waals surface area contributed by atoms with E-state index < -0.39 is 0 Å². The molecule has 3 fully saturated rings. The summed E-state index contributed by atoms with van der Waals surface area (Å²) >= 11 is 0. The Labute approximate surface area is 339 Å². The first-order chi connectivity index (χ1) is 28.0. The monoisotopic (exact) mass is 739 g/mol. The second kappa shape index (κ2) is 13.9. The van der Waals surface area contributed by atoms with Crippen LogP contribution in [0.1, 0.15) is 106 Å². The summed E-state index contributed by atoms with van der Waals surface area (Å²) in [6.45, 7) is 4.89. The molecule has 0 spiro atoms. The Morgan fingerprint density at radius 1 is 0.509 bits per heavy atom. The Morgan fingerprint density at radius 2 is 1.19 bits per heavy atom.